The number of nitrogens with one attached hydrogen (secondary N) is 1. The summed E-state index contributed by atoms with van der Waals surface area (Å²) in [6.07, 6.45) is 2.34. The van der Waals surface area contributed by atoms with Gasteiger partial charge in [0, 0.05) is 11.1 Å². The van der Waals surface area contributed by atoms with Crippen LogP contribution in [0.4, 0.5) is 0 Å². The Morgan fingerprint density at radius 1 is 1.19 bits per heavy atom. The summed E-state index contributed by atoms with van der Waals surface area (Å²) in [5, 5.41) is 4.41. The van der Waals surface area contributed by atoms with Gasteiger partial charge in [0.2, 0.25) is 0 Å². The maximum absolute atomic E-state index is 5.90. The fourth-order valence-electron chi connectivity index (χ4n) is 2.00. The van der Waals surface area contributed by atoms with Gasteiger partial charge >= 0.3 is 0 Å². The molecule has 0 aliphatic rings. The van der Waals surface area contributed by atoms with Crippen LogP contribution in [0.25, 0.3) is 0 Å². The molecule has 0 fully saturated rings. The normalized spacial score (nSPS) is 14.8. The van der Waals surface area contributed by atoms with Gasteiger partial charge in [0.15, 0.2) is 0 Å². The maximum Gasteiger partial charge on any atom is 0.0406 e. The molecule has 0 amide bonds. The minimum atomic E-state index is 0.536. The second kappa shape index (κ2) is 6.93. The lowest BCUT2D eigenvalue weighted by Gasteiger charge is -2.24. The van der Waals surface area contributed by atoms with Gasteiger partial charge in [0.05, 0.1) is 0 Å². The molecule has 90 valence electrons. The summed E-state index contributed by atoms with van der Waals surface area (Å²) in [4.78, 5) is 0. The van der Waals surface area contributed by atoms with Crippen molar-refractivity contribution in [3.8, 4) is 0 Å². The van der Waals surface area contributed by atoms with Gasteiger partial charge in [-0.3, -0.25) is 0 Å². The first-order valence-corrected chi connectivity index (χ1v) is 6.55. The van der Waals surface area contributed by atoms with E-state index in [4.69, 9.17) is 11.6 Å². The van der Waals surface area contributed by atoms with Crippen LogP contribution in [0.15, 0.2) is 24.3 Å². The van der Waals surface area contributed by atoms with E-state index in [0.717, 1.165) is 18.0 Å². The van der Waals surface area contributed by atoms with Gasteiger partial charge in [-0.05, 0) is 43.0 Å². The largest absolute Gasteiger partial charge is 0.313 e. The van der Waals surface area contributed by atoms with Crippen LogP contribution in [-0.2, 0) is 0 Å². The zero-order valence-corrected chi connectivity index (χ0v) is 11.2. The highest BCUT2D eigenvalue weighted by Gasteiger charge is 2.15. The highest BCUT2D eigenvalue weighted by atomic mass is 35.5. The second-order valence-electron chi connectivity index (χ2n) is 4.31. The first kappa shape index (κ1) is 13.5. The van der Waals surface area contributed by atoms with E-state index in [1.54, 1.807) is 0 Å². The summed E-state index contributed by atoms with van der Waals surface area (Å²) in [6, 6.07) is 8.76. The van der Waals surface area contributed by atoms with Crippen LogP contribution in [0.2, 0.25) is 5.02 Å². The SMILES string of the molecule is CCCNC(CC)C(C)c1ccc(Cl)cc1. The lowest BCUT2D eigenvalue weighted by molar-refractivity contribution is 0.438. The molecule has 0 saturated carbocycles. The lowest BCUT2D eigenvalue weighted by Crippen LogP contribution is -2.33. The first-order valence-electron chi connectivity index (χ1n) is 6.17. The molecular weight excluding hydrogens is 218 g/mol. The molecule has 0 spiro atoms. The summed E-state index contributed by atoms with van der Waals surface area (Å²) in [5.41, 5.74) is 1.36. The molecule has 0 heterocycles. The van der Waals surface area contributed by atoms with Crippen LogP contribution < -0.4 is 5.32 Å². The third-order valence-corrected chi connectivity index (χ3v) is 3.35. The molecule has 0 aliphatic carbocycles. The Kier molecular flexibility index (Phi) is 5.86. The van der Waals surface area contributed by atoms with Crippen molar-refractivity contribution in [3.05, 3.63) is 34.9 Å². The zero-order valence-electron chi connectivity index (χ0n) is 10.5. The average molecular weight is 240 g/mol. The Bertz CT molecular complexity index is 294. The van der Waals surface area contributed by atoms with Crippen molar-refractivity contribution < 1.29 is 0 Å². The molecule has 1 aromatic rings. The molecular formula is C14H22ClN. The third-order valence-electron chi connectivity index (χ3n) is 3.10. The summed E-state index contributed by atoms with van der Waals surface area (Å²) >= 11 is 5.90. The summed E-state index contributed by atoms with van der Waals surface area (Å²) in [6.45, 7) is 7.81. The molecule has 2 heteroatoms. The summed E-state index contributed by atoms with van der Waals surface area (Å²) in [7, 11) is 0. The first-order chi connectivity index (χ1) is 7.69. The van der Waals surface area contributed by atoms with Crippen molar-refractivity contribution in [1.29, 1.82) is 0 Å². The Hall–Kier alpha value is -0.530. The van der Waals surface area contributed by atoms with Crippen LogP contribution in [-0.4, -0.2) is 12.6 Å². The van der Waals surface area contributed by atoms with Gasteiger partial charge in [0.1, 0.15) is 0 Å². The molecule has 1 aromatic carbocycles. The van der Waals surface area contributed by atoms with Crippen LogP contribution in [0.3, 0.4) is 0 Å². The topological polar surface area (TPSA) is 12.0 Å². The number of hydrogen-bond donors (Lipinski definition) is 1. The number of rotatable bonds is 6. The van der Waals surface area contributed by atoms with Crippen molar-refractivity contribution in [3.63, 3.8) is 0 Å². The predicted octanol–water partition coefficient (Wildman–Crippen LogP) is 4.22. The molecule has 1 N–H and O–H groups in total. The van der Waals surface area contributed by atoms with E-state index in [1.165, 1.54) is 12.0 Å². The van der Waals surface area contributed by atoms with Crippen molar-refractivity contribution in [2.75, 3.05) is 6.54 Å². The van der Waals surface area contributed by atoms with Crippen molar-refractivity contribution in [1.82, 2.24) is 5.32 Å². The van der Waals surface area contributed by atoms with E-state index >= 15 is 0 Å². The van der Waals surface area contributed by atoms with Crippen LogP contribution in [0.1, 0.15) is 45.1 Å². The van der Waals surface area contributed by atoms with Gasteiger partial charge in [-0.2, -0.15) is 0 Å². The standard InChI is InChI=1S/C14H22ClN/c1-4-10-16-14(5-2)11(3)12-6-8-13(15)9-7-12/h6-9,11,14,16H,4-5,10H2,1-3H3. The zero-order chi connectivity index (χ0) is 12.0. The highest BCUT2D eigenvalue weighted by molar-refractivity contribution is 6.30. The Balaban J connectivity index is 2.66. The molecule has 2 unspecified atom stereocenters. The molecule has 1 rings (SSSR count). The van der Waals surface area contributed by atoms with Crippen molar-refractivity contribution in [2.45, 2.75) is 45.6 Å². The van der Waals surface area contributed by atoms with E-state index in [-0.39, 0.29) is 0 Å². The minimum Gasteiger partial charge on any atom is -0.313 e. The summed E-state index contributed by atoms with van der Waals surface area (Å²) in [5.74, 6) is 0.536. The van der Waals surface area contributed by atoms with Gasteiger partial charge in [-0.25, -0.2) is 0 Å². The number of halogens is 1. The van der Waals surface area contributed by atoms with Crippen LogP contribution >= 0.6 is 11.6 Å². The number of benzene rings is 1. The van der Waals surface area contributed by atoms with Gasteiger partial charge in [-0.15, -0.1) is 0 Å². The quantitative estimate of drug-likeness (QED) is 0.784. The van der Waals surface area contributed by atoms with E-state index in [1.807, 2.05) is 12.1 Å². The van der Waals surface area contributed by atoms with Crippen LogP contribution in [0, 0.1) is 0 Å². The molecule has 1 nitrogen and oxygen atoms in total. The molecule has 0 saturated heterocycles. The molecule has 0 radical (unpaired) electrons. The smallest absolute Gasteiger partial charge is 0.0406 e. The van der Waals surface area contributed by atoms with Crippen LogP contribution in [0.5, 0.6) is 0 Å². The lowest BCUT2D eigenvalue weighted by atomic mass is 9.91. The van der Waals surface area contributed by atoms with E-state index in [0.29, 0.717) is 12.0 Å². The molecule has 16 heavy (non-hydrogen) atoms. The molecule has 0 aliphatic heterocycles. The van der Waals surface area contributed by atoms with E-state index < -0.39 is 0 Å². The molecule has 2 atom stereocenters. The van der Waals surface area contributed by atoms with Crippen molar-refractivity contribution in [2.24, 2.45) is 0 Å². The monoisotopic (exact) mass is 239 g/mol. The maximum atomic E-state index is 5.90. The van der Waals surface area contributed by atoms with Gasteiger partial charge in [-0.1, -0.05) is 44.5 Å². The van der Waals surface area contributed by atoms with Gasteiger partial charge in [0.25, 0.3) is 0 Å². The highest BCUT2D eigenvalue weighted by Crippen LogP contribution is 2.22. The molecule has 0 aromatic heterocycles. The Labute approximate surface area is 104 Å². The van der Waals surface area contributed by atoms with E-state index in [9.17, 15) is 0 Å². The van der Waals surface area contributed by atoms with Gasteiger partial charge < -0.3 is 5.32 Å². The van der Waals surface area contributed by atoms with Crippen molar-refractivity contribution >= 4 is 11.6 Å². The predicted molar refractivity (Wildman–Crippen MR) is 72.2 cm³/mol. The third kappa shape index (κ3) is 3.80. The van der Waals surface area contributed by atoms with E-state index in [2.05, 4.69) is 38.2 Å². The summed E-state index contributed by atoms with van der Waals surface area (Å²) < 4.78 is 0. The Morgan fingerprint density at radius 2 is 1.81 bits per heavy atom. The average Bonchev–Trinajstić information content (AvgIpc) is 2.30. The minimum absolute atomic E-state index is 0.536. The fraction of sp³-hybridized carbons (Fsp3) is 0.571. The molecule has 0 bridgehead atoms. The fourth-order valence-corrected chi connectivity index (χ4v) is 2.13. The second-order valence-corrected chi connectivity index (χ2v) is 4.75. The number of hydrogen-bond acceptors (Lipinski definition) is 1. The Morgan fingerprint density at radius 3 is 2.31 bits per heavy atom.